The predicted octanol–water partition coefficient (Wildman–Crippen LogP) is 1.65. The highest BCUT2D eigenvalue weighted by molar-refractivity contribution is 5.35. The molecule has 0 aromatic heterocycles. The monoisotopic (exact) mass is 293 g/mol. The van der Waals surface area contributed by atoms with Gasteiger partial charge >= 0.3 is 0 Å². The highest BCUT2D eigenvalue weighted by atomic mass is 16.6. The Morgan fingerprint density at radius 2 is 2.29 bits per heavy atom. The van der Waals surface area contributed by atoms with E-state index in [0.29, 0.717) is 18.2 Å². The van der Waals surface area contributed by atoms with E-state index in [1.165, 1.54) is 18.6 Å². The van der Waals surface area contributed by atoms with Crippen molar-refractivity contribution < 1.29 is 10.0 Å². The second kappa shape index (κ2) is 6.98. The standard InChI is InChI=1S/C15H23N3O3/c1-16(2)14-7-4-8-17(10-14)11-15(19)12-5-3-6-13(9-12)18(20)21/h3,5-6,9,14-15,19H,4,7-8,10-11H2,1-2H3. The van der Waals surface area contributed by atoms with Crippen LogP contribution in [0.4, 0.5) is 5.69 Å². The summed E-state index contributed by atoms with van der Waals surface area (Å²) in [6, 6.07) is 6.77. The Morgan fingerprint density at radius 1 is 1.52 bits per heavy atom. The van der Waals surface area contributed by atoms with Crippen molar-refractivity contribution in [2.75, 3.05) is 33.7 Å². The van der Waals surface area contributed by atoms with Gasteiger partial charge < -0.3 is 10.0 Å². The number of rotatable bonds is 5. The molecule has 0 radical (unpaired) electrons. The Kier molecular flexibility index (Phi) is 5.27. The van der Waals surface area contributed by atoms with Crippen molar-refractivity contribution >= 4 is 5.69 Å². The van der Waals surface area contributed by atoms with Crippen molar-refractivity contribution in [1.29, 1.82) is 0 Å². The van der Waals surface area contributed by atoms with Gasteiger partial charge in [0.15, 0.2) is 0 Å². The lowest BCUT2D eigenvalue weighted by Crippen LogP contribution is -2.46. The number of likely N-dealkylation sites (tertiary alicyclic amines) is 1. The summed E-state index contributed by atoms with van der Waals surface area (Å²) < 4.78 is 0. The van der Waals surface area contributed by atoms with Crippen molar-refractivity contribution in [3.8, 4) is 0 Å². The molecule has 1 aromatic carbocycles. The zero-order valence-electron chi connectivity index (χ0n) is 12.6. The molecule has 0 aliphatic carbocycles. The number of hydrogen-bond acceptors (Lipinski definition) is 5. The van der Waals surface area contributed by atoms with E-state index in [2.05, 4.69) is 23.9 Å². The normalized spacial score (nSPS) is 21.4. The average molecular weight is 293 g/mol. The van der Waals surface area contributed by atoms with E-state index in [1.807, 2.05) is 0 Å². The Hall–Kier alpha value is -1.50. The smallest absolute Gasteiger partial charge is 0.269 e. The number of piperidine rings is 1. The number of hydrogen-bond donors (Lipinski definition) is 1. The van der Waals surface area contributed by atoms with Gasteiger partial charge in [0, 0.05) is 31.3 Å². The molecule has 0 saturated carbocycles. The molecule has 116 valence electrons. The Labute approximate surface area is 125 Å². The van der Waals surface area contributed by atoms with Crippen LogP contribution in [0.2, 0.25) is 0 Å². The second-order valence-electron chi connectivity index (χ2n) is 5.89. The molecule has 6 nitrogen and oxygen atoms in total. The number of non-ortho nitro benzene ring substituents is 1. The quantitative estimate of drug-likeness (QED) is 0.660. The van der Waals surface area contributed by atoms with Gasteiger partial charge in [-0.3, -0.25) is 15.0 Å². The van der Waals surface area contributed by atoms with Crippen molar-refractivity contribution in [3.05, 3.63) is 39.9 Å². The first-order chi connectivity index (χ1) is 9.97. The SMILES string of the molecule is CN(C)C1CCCN(CC(O)c2cccc([N+](=O)[O-])c2)C1. The number of aliphatic hydroxyl groups excluding tert-OH is 1. The van der Waals surface area contributed by atoms with E-state index in [-0.39, 0.29) is 5.69 Å². The van der Waals surface area contributed by atoms with E-state index in [4.69, 9.17) is 0 Å². The number of nitro benzene ring substituents is 1. The predicted molar refractivity (Wildman–Crippen MR) is 81.2 cm³/mol. The minimum absolute atomic E-state index is 0.0244. The zero-order valence-corrected chi connectivity index (χ0v) is 12.6. The molecule has 1 fully saturated rings. The van der Waals surface area contributed by atoms with Gasteiger partial charge in [0.05, 0.1) is 11.0 Å². The highest BCUT2D eigenvalue weighted by Gasteiger charge is 2.23. The van der Waals surface area contributed by atoms with Crippen molar-refractivity contribution in [3.63, 3.8) is 0 Å². The fourth-order valence-electron chi connectivity index (χ4n) is 2.81. The molecule has 0 bridgehead atoms. The first-order valence-corrected chi connectivity index (χ1v) is 7.28. The number of likely N-dealkylation sites (N-methyl/N-ethyl adjacent to an activating group) is 1. The molecule has 0 amide bonds. The van der Waals surface area contributed by atoms with Crippen LogP contribution in [0.5, 0.6) is 0 Å². The molecule has 2 unspecified atom stereocenters. The third-order valence-electron chi connectivity index (χ3n) is 4.11. The largest absolute Gasteiger partial charge is 0.387 e. The molecule has 1 aliphatic heterocycles. The molecular weight excluding hydrogens is 270 g/mol. The topological polar surface area (TPSA) is 69.8 Å². The van der Waals surface area contributed by atoms with Crippen LogP contribution in [0.15, 0.2) is 24.3 Å². The zero-order chi connectivity index (χ0) is 15.4. The van der Waals surface area contributed by atoms with E-state index in [1.54, 1.807) is 12.1 Å². The molecule has 1 aliphatic rings. The van der Waals surface area contributed by atoms with Gasteiger partial charge in [0.1, 0.15) is 0 Å². The maximum atomic E-state index is 10.8. The summed E-state index contributed by atoms with van der Waals surface area (Å²) in [7, 11) is 4.15. The summed E-state index contributed by atoms with van der Waals surface area (Å²) in [5.74, 6) is 0. The third kappa shape index (κ3) is 4.23. The van der Waals surface area contributed by atoms with Crippen molar-refractivity contribution in [2.24, 2.45) is 0 Å². The summed E-state index contributed by atoms with van der Waals surface area (Å²) in [6.07, 6.45) is 1.60. The lowest BCUT2D eigenvalue weighted by Gasteiger charge is -2.37. The number of benzene rings is 1. The van der Waals surface area contributed by atoms with E-state index < -0.39 is 11.0 Å². The van der Waals surface area contributed by atoms with Gasteiger partial charge in [0.2, 0.25) is 0 Å². The molecule has 1 aromatic rings. The molecule has 2 rings (SSSR count). The first kappa shape index (κ1) is 15.9. The number of β-amino-alcohol motifs (C(OH)–C–C–N with tert-alkyl or cyclic N) is 1. The Bertz CT molecular complexity index is 493. The van der Waals surface area contributed by atoms with Crippen LogP contribution >= 0.6 is 0 Å². The van der Waals surface area contributed by atoms with Gasteiger partial charge in [-0.1, -0.05) is 12.1 Å². The molecule has 1 heterocycles. The van der Waals surface area contributed by atoms with Crippen molar-refractivity contribution in [2.45, 2.75) is 25.0 Å². The minimum atomic E-state index is -0.689. The van der Waals surface area contributed by atoms with E-state index in [9.17, 15) is 15.2 Å². The van der Waals surface area contributed by atoms with Crippen molar-refractivity contribution in [1.82, 2.24) is 9.80 Å². The summed E-state index contributed by atoms with van der Waals surface area (Å²) in [4.78, 5) is 14.8. The fourth-order valence-corrected chi connectivity index (χ4v) is 2.81. The second-order valence-corrected chi connectivity index (χ2v) is 5.89. The van der Waals surface area contributed by atoms with Crippen LogP contribution < -0.4 is 0 Å². The molecule has 21 heavy (non-hydrogen) atoms. The van der Waals surface area contributed by atoms with Gasteiger partial charge in [-0.15, -0.1) is 0 Å². The summed E-state index contributed by atoms with van der Waals surface area (Å²) in [5, 5.41) is 21.1. The van der Waals surface area contributed by atoms with E-state index in [0.717, 1.165) is 19.5 Å². The van der Waals surface area contributed by atoms with Crippen LogP contribution in [0.3, 0.4) is 0 Å². The van der Waals surface area contributed by atoms with Crippen LogP contribution in [0.25, 0.3) is 0 Å². The fraction of sp³-hybridized carbons (Fsp3) is 0.600. The maximum absolute atomic E-state index is 10.8. The Balaban J connectivity index is 1.99. The highest BCUT2D eigenvalue weighted by Crippen LogP contribution is 2.22. The average Bonchev–Trinajstić information content (AvgIpc) is 2.47. The van der Waals surface area contributed by atoms with Crippen LogP contribution in [-0.4, -0.2) is 59.6 Å². The lowest BCUT2D eigenvalue weighted by molar-refractivity contribution is -0.385. The number of nitrogens with zero attached hydrogens (tertiary/aromatic N) is 3. The van der Waals surface area contributed by atoms with Gasteiger partial charge in [-0.25, -0.2) is 0 Å². The van der Waals surface area contributed by atoms with Crippen LogP contribution in [-0.2, 0) is 0 Å². The van der Waals surface area contributed by atoms with E-state index >= 15 is 0 Å². The van der Waals surface area contributed by atoms with Crippen LogP contribution in [0, 0.1) is 10.1 Å². The molecule has 1 N–H and O–H groups in total. The first-order valence-electron chi connectivity index (χ1n) is 7.28. The Morgan fingerprint density at radius 3 is 2.95 bits per heavy atom. The molecule has 1 saturated heterocycles. The lowest BCUT2D eigenvalue weighted by atomic mass is 10.0. The summed E-state index contributed by atoms with van der Waals surface area (Å²) in [5.41, 5.74) is 0.632. The molecule has 0 spiro atoms. The summed E-state index contributed by atoms with van der Waals surface area (Å²) in [6.45, 7) is 2.42. The molecule has 6 heteroatoms. The van der Waals surface area contributed by atoms with Gasteiger partial charge in [-0.2, -0.15) is 0 Å². The van der Waals surface area contributed by atoms with Gasteiger partial charge in [-0.05, 0) is 39.0 Å². The number of aliphatic hydroxyl groups is 1. The molecular formula is C15H23N3O3. The third-order valence-corrected chi connectivity index (χ3v) is 4.11. The minimum Gasteiger partial charge on any atom is -0.387 e. The summed E-state index contributed by atoms with van der Waals surface area (Å²) >= 11 is 0. The van der Waals surface area contributed by atoms with Crippen LogP contribution in [0.1, 0.15) is 24.5 Å². The van der Waals surface area contributed by atoms with Gasteiger partial charge in [0.25, 0.3) is 5.69 Å². The molecule has 2 atom stereocenters. The maximum Gasteiger partial charge on any atom is 0.269 e. The number of nitro groups is 1.